The van der Waals surface area contributed by atoms with Crippen molar-refractivity contribution in [1.29, 1.82) is 0 Å². The number of benzene rings is 1. The van der Waals surface area contributed by atoms with Gasteiger partial charge in [0.15, 0.2) is 5.78 Å². The molecule has 0 saturated heterocycles. The van der Waals surface area contributed by atoms with Crippen LogP contribution < -0.4 is 4.74 Å². The van der Waals surface area contributed by atoms with Crippen LogP contribution in [0.25, 0.3) is 6.08 Å². The standard InChI is InChI=1S/C25H30N2O2/c1-4-29-19-6-8-20-17(12-19)5-7-22-21(20)9-10-25(2)23(22)13-18(24(25)28)11-16-14-26-27(3)15-16/h6,8,11-12,14-15,21-23H,4-5,7,9-10,13H2,1-3H3/b18-11+/t21-,22+,23+,25+/m0/s1. The molecular weight excluding hydrogens is 360 g/mol. The van der Waals surface area contributed by atoms with E-state index >= 15 is 0 Å². The maximum atomic E-state index is 13.4. The van der Waals surface area contributed by atoms with Crippen LogP contribution in [-0.2, 0) is 18.3 Å². The molecule has 5 rings (SSSR count). The number of carbonyl (C=O) groups excluding carboxylic acids is 1. The highest BCUT2D eigenvalue weighted by atomic mass is 16.5. The van der Waals surface area contributed by atoms with Crippen LogP contribution in [0.4, 0.5) is 0 Å². The van der Waals surface area contributed by atoms with Crippen molar-refractivity contribution >= 4 is 11.9 Å². The SMILES string of the molecule is CCOc1ccc2c(c1)CC[C@H]1[C@H]3C/C(=C\c4cnn(C)c4)C(=O)[C@]3(C)CC[C@@H]21. The van der Waals surface area contributed by atoms with Crippen molar-refractivity contribution in [3.8, 4) is 5.75 Å². The van der Waals surface area contributed by atoms with Crippen LogP contribution in [0.15, 0.2) is 36.2 Å². The Morgan fingerprint density at radius 2 is 2.21 bits per heavy atom. The lowest BCUT2D eigenvalue weighted by Gasteiger charge is -2.48. The predicted molar refractivity (Wildman–Crippen MR) is 114 cm³/mol. The quantitative estimate of drug-likeness (QED) is 0.698. The van der Waals surface area contributed by atoms with Crippen LogP contribution in [-0.4, -0.2) is 22.2 Å². The Morgan fingerprint density at radius 1 is 1.34 bits per heavy atom. The van der Waals surface area contributed by atoms with E-state index in [4.69, 9.17) is 4.74 Å². The van der Waals surface area contributed by atoms with Crippen LogP contribution in [0.3, 0.4) is 0 Å². The number of ketones is 1. The number of aryl methyl sites for hydroxylation is 2. The fraction of sp³-hybridized carbons (Fsp3) is 0.520. The first-order chi connectivity index (χ1) is 14.0. The largest absolute Gasteiger partial charge is 0.494 e. The molecule has 2 saturated carbocycles. The van der Waals surface area contributed by atoms with Crippen LogP contribution in [0.1, 0.15) is 62.1 Å². The van der Waals surface area contributed by atoms with Crippen molar-refractivity contribution in [1.82, 2.24) is 9.78 Å². The van der Waals surface area contributed by atoms with Gasteiger partial charge < -0.3 is 4.74 Å². The third-order valence-corrected chi connectivity index (χ3v) is 7.71. The summed E-state index contributed by atoms with van der Waals surface area (Å²) in [4.78, 5) is 13.4. The van der Waals surface area contributed by atoms with E-state index in [2.05, 4.69) is 36.3 Å². The Balaban J connectivity index is 1.45. The number of carbonyl (C=O) groups is 1. The zero-order valence-electron chi connectivity index (χ0n) is 17.6. The minimum Gasteiger partial charge on any atom is -0.494 e. The van der Waals surface area contributed by atoms with Crippen molar-refractivity contribution in [3.05, 3.63) is 52.9 Å². The molecule has 0 bridgehead atoms. The Labute approximate surface area is 173 Å². The molecule has 29 heavy (non-hydrogen) atoms. The van der Waals surface area contributed by atoms with Gasteiger partial charge >= 0.3 is 0 Å². The van der Waals surface area contributed by atoms with E-state index in [0.717, 1.165) is 42.6 Å². The summed E-state index contributed by atoms with van der Waals surface area (Å²) in [5, 5.41) is 4.25. The second-order valence-corrected chi connectivity index (χ2v) is 9.32. The molecule has 4 nitrogen and oxygen atoms in total. The molecule has 0 radical (unpaired) electrons. The number of ether oxygens (including phenoxy) is 1. The molecule has 3 aliphatic carbocycles. The number of Topliss-reactive ketones (excluding diaryl/α,β-unsaturated/α-hetero) is 1. The maximum absolute atomic E-state index is 13.4. The van der Waals surface area contributed by atoms with Crippen molar-refractivity contribution in [2.75, 3.05) is 6.61 Å². The second-order valence-electron chi connectivity index (χ2n) is 9.32. The van der Waals surface area contributed by atoms with E-state index < -0.39 is 0 Å². The Morgan fingerprint density at radius 3 is 2.97 bits per heavy atom. The van der Waals surface area contributed by atoms with Gasteiger partial charge in [0.2, 0.25) is 0 Å². The van der Waals surface area contributed by atoms with Crippen LogP contribution in [0, 0.1) is 17.3 Å². The molecule has 0 aliphatic heterocycles. The molecule has 152 valence electrons. The highest BCUT2D eigenvalue weighted by molar-refractivity contribution is 6.05. The molecule has 2 aromatic rings. The molecule has 1 heterocycles. The molecule has 4 atom stereocenters. The maximum Gasteiger partial charge on any atom is 0.165 e. The third kappa shape index (κ3) is 2.95. The van der Waals surface area contributed by atoms with E-state index in [1.54, 1.807) is 4.68 Å². The highest BCUT2D eigenvalue weighted by Crippen LogP contribution is 2.60. The Hall–Kier alpha value is -2.36. The van der Waals surface area contributed by atoms with Gasteiger partial charge in [-0.2, -0.15) is 5.10 Å². The fourth-order valence-electron chi connectivity index (χ4n) is 6.33. The minimum absolute atomic E-state index is 0.196. The molecule has 0 amide bonds. The first kappa shape index (κ1) is 18.7. The number of hydrogen-bond acceptors (Lipinski definition) is 3. The van der Waals surface area contributed by atoms with Crippen molar-refractivity contribution in [3.63, 3.8) is 0 Å². The first-order valence-electron chi connectivity index (χ1n) is 11.0. The number of rotatable bonds is 3. The summed E-state index contributed by atoms with van der Waals surface area (Å²) in [5.74, 6) is 3.00. The van der Waals surface area contributed by atoms with Crippen molar-refractivity contribution in [2.45, 2.75) is 51.9 Å². The number of hydrogen-bond donors (Lipinski definition) is 0. The topological polar surface area (TPSA) is 44.1 Å². The van der Waals surface area contributed by atoms with Gasteiger partial charge in [-0.15, -0.1) is 0 Å². The molecule has 2 fully saturated rings. The molecule has 1 aromatic carbocycles. The van der Waals surface area contributed by atoms with Gasteiger partial charge in [-0.25, -0.2) is 0 Å². The van der Waals surface area contributed by atoms with Gasteiger partial charge in [0.1, 0.15) is 5.75 Å². The first-order valence-corrected chi connectivity index (χ1v) is 11.0. The van der Waals surface area contributed by atoms with E-state index in [0.29, 0.717) is 30.1 Å². The Bertz CT molecular complexity index is 988. The molecule has 3 aliphatic rings. The number of aromatic nitrogens is 2. The van der Waals surface area contributed by atoms with Gasteiger partial charge in [-0.05, 0) is 91.7 Å². The molecule has 0 spiro atoms. The molecular formula is C25H30N2O2. The summed E-state index contributed by atoms with van der Waals surface area (Å²) in [6.45, 7) is 4.97. The number of nitrogens with zero attached hydrogens (tertiary/aromatic N) is 2. The smallest absolute Gasteiger partial charge is 0.165 e. The van der Waals surface area contributed by atoms with Gasteiger partial charge in [0.25, 0.3) is 0 Å². The number of allylic oxidation sites excluding steroid dienone is 1. The van der Waals surface area contributed by atoms with Gasteiger partial charge in [0.05, 0.1) is 12.8 Å². The summed E-state index contributed by atoms with van der Waals surface area (Å²) in [6, 6.07) is 6.67. The van der Waals surface area contributed by atoms with Gasteiger partial charge in [0, 0.05) is 24.2 Å². The second kappa shape index (κ2) is 6.86. The fourth-order valence-corrected chi connectivity index (χ4v) is 6.33. The lowest BCUT2D eigenvalue weighted by molar-refractivity contribution is -0.127. The highest BCUT2D eigenvalue weighted by Gasteiger charge is 2.56. The summed E-state index contributed by atoms with van der Waals surface area (Å²) < 4.78 is 7.52. The summed E-state index contributed by atoms with van der Waals surface area (Å²) in [7, 11) is 1.92. The molecule has 4 heteroatoms. The van der Waals surface area contributed by atoms with Crippen molar-refractivity contribution in [2.24, 2.45) is 24.3 Å². The van der Waals surface area contributed by atoms with E-state index in [-0.39, 0.29) is 5.41 Å². The third-order valence-electron chi connectivity index (χ3n) is 7.71. The van der Waals surface area contributed by atoms with E-state index in [9.17, 15) is 4.79 Å². The summed E-state index contributed by atoms with van der Waals surface area (Å²) in [5.41, 5.74) is 4.80. The monoisotopic (exact) mass is 390 g/mol. The zero-order valence-corrected chi connectivity index (χ0v) is 17.6. The van der Waals surface area contributed by atoms with Gasteiger partial charge in [-0.3, -0.25) is 9.48 Å². The van der Waals surface area contributed by atoms with Crippen molar-refractivity contribution < 1.29 is 9.53 Å². The lowest BCUT2D eigenvalue weighted by Crippen LogP contribution is -2.42. The minimum atomic E-state index is -0.196. The lowest BCUT2D eigenvalue weighted by atomic mass is 9.55. The average molecular weight is 391 g/mol. The van der Waals surface area contributed by atoms with Crippen LogP contribution in [0.5, 0.6) is 5.75 Å². The molecule has 1 aromatic heterocycles. The summed E-state index contributed by atoms with van der Waals surface area (Å²) in [6.07, 6.45) is 11.2. The number of fused-ring (bicyclic) bond motifs is 5. The zero-order chi connectivity index (χ0) is 20.2. The predicted octanol–water partition coefficient (Wildman–Crippen LogP) is 4.94. The summed E-state index contributed by atoms with van der Waals surface area (Å²) >= 11 is 0. The molecule has 0 unspecified atom stereocenters. The van der Waals surface area contributed by atoms with Crippen LogP contribution >= 0.6 is 0 Å². The van der Waals surface area contributed by atoms with E-state index in [1.807, 2.05) is 26.4 Å². The van der Waals surface area contributed by atoms with Crippen LogP contribution in [0.2, 0.25) is 0 Å². The van der Waals surface area contributed by atoms with E-state index in [1.165, 1.54) is 17.5 Å². The average Bonchev–Trinajstić information content (AvgIpc) is 3.23. The normalized spacial score (nSPS) is 32.0. The van der Waals surface area contributed by atoms with Gasteiger partial charge in [-0.1, -0.05) is 13.0 Å². The molecule has 0 N–H and O–H groups in total. The Kier molecular flexibility index (Phi) is 4.41.